The molecule has 0 aromatic rings. The van der Waals surface area contributed by atoms with Crippen LogP contribution in [0.5, 0.6) is 0 Å². The molecule has 0 aliphatic heterocycles. The summed E-state index contributed by atoms with van der Waals surface area (Å²) in [6.45, 7) is 0. The van der Waals surface area contributed by atoms with Gasteiger partial charge in [0.2, 0.25) is 0 Å². The number of rotatable bonds is 2. The van der Waals surface area contributed by atoms with Gasteiger partial charge >= 0.3 is 30.8 Å². The van der Waals surface area contributed by atoms with E-state index in [9.17, 15) is 9.59 Å². The quantitative estimate of drug-likeness (QED) is 0.233. The van der Waals surface area contributed by atoms with Crippen LogP contribution < -0.4 is 18.9 Å². The summed E-state index contributed by atoms with van der Waals surface area (Å²) >= 11 is 0. The van der Waals surface area contributed by atoms with Crippen molar-refractivity contribution in [3.8, 4) is 0 Å². The normalized spacial score (nSPS) is 6.73. The molecule has 0 heterocycles. The van der Waals surface area contributed by atoms with Crippen LogP contribution in [-0.2, 0) is 19.1 Å². The fourth-order valence-corrected chi connectivity index (χ4v) is 0.262. The molecule has 0 radical (unpaired) electrons. The van der Waals surface area contributed by atoms with E-state index in [1.54, 1.807) is 0 Å². The van der Waals surface area contributed by atoms with Gasteiger partial charge in [0.05, 0.1) is 14.2 Å². The fourth-order valence-electron chi connectivity index (χ4n) is 0.262. The van der Waals surface area contributed by atoms with Gasteiger partial charge in [-0.25, -0.2) is 0 Å². The summed E-state index contributed by atoms with van der Waals surface area (Å²) in [5, 5.41) is 0. The predicted octanol–water partition coefficient (Wildman–Crippen LogP) is -3.99. The minimum absolute atomic E-state index is 0. The Balaban J connectivity index is -0.000000107. The Labute approximate surface area is 78.0 Å². The van der Waals surface area contributed by atoms with Crippen LogP contribution in [0.4, 0.5) is 0 Å². The predicted molar refractivity (Wildman–Crippen MR) is 33.4 cm³/mol. The number of carbonyl (C=O) groups is 2. The molecule has 0 saturated heterocycles. The third-order valence-corrected chi connectivity index (χ3v) is 0.744. The first kappa shape index (κ1) is 16.8. The molecular weight excluding hydrogens is 147 g/mol. The molecule has 0 unspecified atom stereocenters. The Bertz CT molecular complexity index is 115. The van der Waals surface area contributed by atoms with Crippen molar-refractivity contribution in [3.63, 3.8) is 0 Å². The summed E-state index contributed by atoms with van der Waals surface area (Å²) < 4.78 is 8.37. The first-order valence-electron chi connectivity index (χ1n) is 2.34. The van der Waals surface area contributed by atoms with Crippen LogP contribution in [0, 0.1) is 0 Å². The van der Waals surface area contributed by atoms with E-state index in [2.05, 4.69) is 9.47 Å². The van der Waals surface area contributed by atoms with Crippen LogP contribution in [0.1, 0.15) is 7.85 Å². The second-order valence-corrected chi connectivity index (χ2v) is 1.33. The van der Waals surface area contributed by atoms with Gasteiger partial charge in [-0.1, -0.05) is 0 Å². The number of methoxy groups -OCH3 is 2. The molecule has 11 heavy (non-hydrogen) atoms. The molecule has 0 atom stereocenters. The van der Waals surface area contributed by atoms with Crippen molar-refractivity contribution in [1.29, 1.82) is 0 Å². The molecule has 5 nitrogen and oxygen atoms in total. The van der Waals surface area contributed by atoms with Gasteiger partial charge in [-0.05, 0) is 0 Å². The van der Waals surface area contributed by atoms with Crippen molar-refractivity contribution in [2.75, 3.05) is 14.2 Å². The van der Waals surface area contributed by atoms with Crippen molar-refractivity contribution in [1.82, 2.24) is 0 Å². The van der Waals surface area contributed by atoms with E-state index in [-0.39, 0.29) is 32.2 Å². The number of hydrogen-bond acceptors (Lipinski definition) is 4. The van der Waals surface area contributed by atoms with Crippen molar-refractivity contribution >= 4 is 11.9 Å². The average molecular weight is 158 g/mol. The zero-order chi connectivity index (χ0) is 7.28. The van der Waals surface area contributed by atoms with E-state index >= 15 is 0 Å². The zero-order valence-corrected chi connectivity index (χ0v) is 6.84. The molecule has 0 bridgehead atoms. The topological polar surface area (TPSA) is 84.1 Å². The molecule has 0 spiro atoms. The monoisotopic (exact) mass is 158 g/mol. The molecule has 0 amide bonds. The van der Waals surface area contributed by atoms with Gasteiger partial charge in [-0.15, -0.1) is 0 Å². The Morgan fingerprint density at radius 1 is 1.18 bits per heavy atom. The third kappa shape index (κ3) is 9.50. The molecular formula is C5H11LiO5. The second kappa shape index (κ2) is 9.50. The van der Waals surface area contributed by atoms with E-state index in [4.69, 9.17) is 0 Å². The van der Waals surface area contributed by atoms with Gasteiger partial charge in [0.1, 0.15) is 6.42 Å². The smallest absolute Gasteiger partial charge is 1.00 e. The summed E-state index contributed by atoms with van der Waals surface area (Å²) in [6, 6.07) is 0. The maximum absolute atomic E-state index is 10.3. The molecule has 62 valence electrons. The molecule has 0 saturated carbocycles. The number of carbonyl (C=O) groups excluding carboxylic acids is 2. The van der Waals surface area contributed by atoms with Gasteiger partial charge in [-0.3, -0.25) is 9.59 Å². The van der Waals surface area contributed by atoms with Gasteiger partial charge in [0, 0.05) is 0 Å². The summed E-state index contributed by atoms with van der Waals surface area (Å²) in [4.78, 5) is 20.5. The molecule has 0 rings (SSSR count). The molecule has 0 aromatic heterocycles. The molecule has 2 N–H and O–H groups in total. The molecule has 0 aliphatic carbocycles. The minimum Gasteiger partial charge on any atom is -1.00 e. The summed E-state index contributed by atoms with van der Waals surface area (Å²) in [5.41, 5.74) is 0. The standard InChI is InChI=1S/C5H8O4.Li.H2O.H/c1-8-4(6)3-5(7)9-2;;;/h3H2,1-2H3;;1H2;/q;+1;;-1. The van der Waals surface area contributed by atoms with E-state index in [0.29, 0.717) is 0 Å². The van der Waals surface area contributed by atoms with Crippen LogP contribution >= 0.6 is 0 Å². The van der Waals surface area contributed by atoms with E-state index < -0.39 is 11.9 Å². The molecule has 0 aliphatic rings. The summed E-state index contributed by atoms with van der Waals surface area (Å²) in [6.07, 6.45) is -0.312. The van der Waals surface area contributed by atoms with Crippen LogP contribution in [0.15, 0.2) is 0 Å². The van der Waals surface area contributed by atoms with Crippen molar-refractivity contribution in [2.24, 2.45) is 0 Å². The number of ether oxygens (including phenoxy) is 2. The van der Waals surface area contributed by atoms with Crippen molar-refractivity contribution in [2.45, 2.75) is 6.42 Å². The second-order valence-electron chi connectivity index (χ2n) is 1.33. The Morgan fingerprint density at radius 3 is 1.64 bits per heavy atom. The van der Waals surface area contributed by atoms with Gasteiger partial charge in [-0.2, -0.15) is 0 Å². The maximum atomic E-state index is 10.3. The SMILES string of the molecule is COC(=O)CC(=O)OC.O.[H-].[Li+]. The Hall–Kier alpha value is -0.503. The Morgan fingerprint density at radius 2 is 1.45 bits per heavy atom. The fraction of sp³-hybridized carbons (Fsp3) is 0.600. The summed E-state index contributed by atoms with van der Waals surface area (Å²) in [5.74, 6) is -1.16. The van der Waals surface area contributed by atoms with Crippen molar-refractivity contribution in [3.05, 3.63) is 0 Å². The van der Waals surface area contributed by atoms with Crippen LogP contribution in [-0.4, -0.2) is 31.6 Å². The maximum Gasteiger partial charge on any atom is 1.00 e. The zero-order valence-electron chi connectivity index (χ0n) is 7.84. The number of esters is 2. The average Bonchev–Trinajstić information content (AvgIpc) is 1.87. The van der Waals surface area contributed by atoms with Crippen LogP contribution in [0.3, 0.4) is 0 Å². The number of hydrogen-bond donors (Lipinski definition) is 0. The van der Waals surface area contributed by atoms with Crippen LogP contribution in [0.25, 0.3) is 0 Å². The Kier molecular flexibility index (Phi) is 14.5. The molecule has 0 aromatic carbocycles. The van der Waals surface area contributed by atoms with Gasteiger partial charge in [0.25, 0.3) is 0 Å². The minimum atomic E-state index is -0.582. The summed E-state index contributed by atoms with van der Waals surface area (Å²) in [7, 11) is 2.43. The van der Waals surface area contributed by atoms with E-state index in [1.165, 1.54) is 14.2 Å². The molecule has 6 heteroatoms. The third-order valence-electron chi connectivity index (χ3n) is 0.744. The van der Waals surface area contributed by atoms with E-state index in [0.717, 1.165) is 0 Å². The van der Waals surface area contributed by atoms with Crippen LogP contribution in [0.2, 0.25) is 0 Å². The van der Waals surface area contributed by atoms with Gasteiger partial charge < -0.3 is 16.4 Å². The molecule has 0 fully saturated rings. The first-order valence-corrected chi connectivity index (χ1v) is 2.34. The van der Waals surface area contributed by atoms with Gasteiger partial charge in [0.15, 0.2) is 0 Å². The van der Waals surface area contributed by atoms with Crippen molar-refractivity contribution < 1.29 is 44.8 Å². The first-order chi connectivity index (χ1) is 4.20. The van der Waals surface area contributed by atoms with E-state index in [1.807, 2.05) is 0 Å². The largest absolute Gasteiger partial charge is 1.00 e.